The predicted molar refractivity (Wildman–Crippen MR) is 131 cm³/mol. The zero-order valence-corrected chi connectivity index (χ0v) is 19.7. The molecule has 1 aliphatic rings. The fourth-order valence-electron chi connectivity index (χ4n) is 4.19. The predicted octanol–water partition coefficient (Wildman–Crippen LogP) is 4.22. The quantitative estimate of drug-likeness (QED) is 0.469. The van der Waals surface area contributed by atoms with Crippen LogP contribution < -0.4 is 4.74 Å². The van der Waals surface area contributed by atoms with E-state index in [1.54, 1.807) is 55.1 Å². The van der Waals surface area contributed by atoms with Crippen molar-refractivity contribution in [3.63, 3.8) is 0 Å². The monoisotopic (exact) mass is 462 g/mol. The third-order valence-electron chi connectivity index (χ3n) is 5.93. The van der Waals surface area contributed by atoms with Crippen LogP contribution in [0.25, 0.3) is 10.8 Å². The number of rotatable bonds is 8. The van der Waals surface area contributed by atoms with Crippen LogP contribution >= 0.6 is 11.8 Å². The Morgan fingerprint density at radius 1 is 1.00 bits per heavy atom. The Balaban J connectivity index is 1.56. The highest BCUT2D eigenvalue weighted by Crippen LogP contribution is 2.27. The Bertz CT molecular complexity index is 1190. The summed E-state index contributed by atoms with van der Waals surface area (Å²) in [7, 11) is 3.35. The summed E-state index contributed by atoms with van der Waals surface area (Å²) in [6.07, 6.45) is 2.35. The molecule has 0 aromatic heterocycles. The molecule has 3 aromatic rings. The van der Waals surface area contributed by atoms with Crippen LogP contribution in [0.5, 0.6) is 5.75 Å². The molecule has 33 heavy (non-hydrogen) atoms. The first-order chi connectivity index (χ1) is 15.9. The first kappa shape index (κ1) is 22.9. The molecule has 1 aliphatic heterocycles. The van der Waals surface area contributed by atoms with Gasteiger partial charge in [0, 0.05) is 13.6 Å². The molecule has 7 heteroatoms. The molecule has 3 amide bonds. The topological polar surface area (TPSA) is 66.9 Å². The van der Waals surface area contributed by atoms with E-state index in [2.05, 4.69) is 0 Å². The molecular formula is C26H26N2O4S. The summed E-state index contributed by atoms with van der Waals surface area (Å²) < 4.78 is 5.28. The second-order valence-corrected chi connectivity index (χ2v) is 9.05. The Hall–Kier alpha value is -3.32. The highest BCUT2D eigenvalue weighted by Gasteiger charge is 2.43. The maximum atomic E-state index is 13.5. The highest BCUT2D eigenvalue weighted by atomic mass is 32.2. The van der Waals surface area contributed by atoms with E-state index >= 15 is 0 Å². The van der Waals surface area contributed by atoms with Gasteiger partial charge in [0.25, 0.3) is 11.8 Å². The molecule has 1 atom stereocenters. The molecular weight excluding hydrogens is 436 g/mol. The van der Waals surface area contributed by atoms with Gasteiger partial charge in [0.1, 0.15) is 11.8 Å². The zero-order valence-electron chi connectivity index (χ0n) is 18.9. The number of hydrogen-bond donors (Lipinski definition) is 0. The average molecular weight is 463 g/mol. The fourth-order valence-corrected chi connectivity index (χ4v) is 4.65. The molecule has 0 saturated heterocycles. The number of benzene rings is 3. The normalized spacial score (nSPS) is 13.8. The summed E-state index contributed by atoms with van der Waals surface area (Å²) in [5, 5.41) is 2.10. The number of ether oxygens (including phenoxy) is 1. The minimum absolute atomic E-state index is 0.242. The zero-order chi connectivity index (χ0) is 23.5. The number of imide groups is 1. The molecule has 170 valence electrons. The standard InChI is InChI=1S/C26H26N2O4S/c1-27(16-17-8-9-19-15-20(32-2)11-10-18(19)14-17)26(31)23(12-13-33-3)28-24(29)21-6-4-5-7-22(21)25(28)30/h4-11,14-15,23H,12-13,16H2,1-3H3. The van der Waals surface area contributed by atoms with E-state index in [9.17, 15) is 14.4 Å². The van der Waals surface area contributed by atoms with Crippen molar-refractivity contribution in [1.82, 2.24) is 9.80 Å². The Morgan fingerprint density at radius 2 is 1.64 bits per heavy atom. The number of amides is 3. The van der Waals surface area contributed by atoms with Gasteiger partial charge >= 0.3 is 0 Å². The van der Waals surface area contributed by atoms with Crippen molar-refractivity contribution in [2.45, 2.75) is 19.0 Å². The van der Waals surface area contributed by atoms with Gasteiger partial charge in [-0.15, -0.1) is 0 Å². The molecule has 0 bridgehead atoms. The van der Waals surface area contributed by atoms with E-state index in [-0.39, 0.29) is 5.91 Å². The van der Waals surface area contributed by atoms with Crippen LogP contribution in [0.3, 0.4) is 0 Å². The molecule has 1 unspecified atom stereocenters. The Labute approximate surface area is 197 Å². The lowest BCUT2D eigenvalue weighted by Gasteiger charge is -2.29. The van der Waals surface area contributed by atoms with E-state index in [0.717, 1.165) is 27.0 Å². The van der Waals surface area contributed by atoms with Crippen LogP contribution in [0.2, 0.25) is 0 Å². The lowest BCUT2D eigenvalue weighted by atomic mass is 10.1. The van der Waals surface area contributed by atoms with E-state index < -0.39 is 17.9 Å². The molecule has 4 rings (SSSR count). The van der Waals surface area contributed by atoms with Crippen LogP contribution in [-0.4, -0.2) is 59.7 Å². The number of carbonyl (C=O) groups is 3. The molecule has 1 heterocycles. The van der Waals surface area contributed by atoms with Gasteiger partial charge in [0.2, 0.25) is 5.91 Å². The largest absolute Gasteiger partial charge is 0.497 e. The third kappa shape index (κ3) is 4.46. The van der Waals surface area contributed by atoms with Crippen molar-refractivity contribution in [3.8, 4) is 5.75 Å². The van der Waals surface area contributed by atoms with Gasteiger partial charge in [0.15, 0.2) is 0 Å². The number of carbonyl (C=O) groups excluding carboxylic acids is 3. The minimum atomic E-state index is -0.834. The van der Waals surface area contributed by atoms with Crippen molar-refractivity contribution < 1.29 is 19.1 Å². The lowest BCUT2D eigenvalue weighted by molar-refractivity contribution is -0.134. The van der Waals surface area contributed by atoms with Gasteiger partial charge in [-0.25, -0.2) is 0 Å². The summed E-state index contributed by atoms with van der Waals surface area (Å²) in [6.45, 7) is 0.375. The van der Waals surface area contributed by atoms with Crippen molar-refractivity contribution in [2.75, 3.05) is 26.2 Å². The summed E-state index contributed by atoms with van der Waals surface area (Å²) in [4.78, 5) is 42.3. The van der Waals surface area contributed by atoms with E-state index in [1.165, 1.54) is 0 Å². The van der Waals surface area contributed by atoms with Crippen molar-refractivity contribution in [2.24, 2.45) is 0 Å². The van der Waals surface area contributed by atoms with Crippen LogP contribution in [-0.2, 0) is 11.3 Å². The van der Waals surface area contributed by atoms with E-state index in [1.807, 2.05) is 42.7 Å². The van der Waals surface area contributed by atoms with Gasteiger partial charge in [-0.3, -0.25) is 19.3 Å². The van der Waals surface area contributed by atoms with Gasteiger partial charge in [0.05, 0.1) is 18.2 Å². The lowest BCUT2D eigenvalue weighted by Crippen LogP contribution is -2.50. The van der Waals surface area contributed by atoms with E-state index in [4.69, 9.17) is 4.74 Å². The number of likely N-dealkylation sites (N-methyl/N-ethyl adjacent to an activating group) is 1. The van der Waals surface area contributed by atoms with Crippen molar-refractivity contribution >= 4 is 40.3 Å². The maximum Gasteiger partial charge on any atom is 0.262 e. The SMILES string of the molecule is COc1ccc2cc(CN(C)C(=O)C(CCSC)N3C(=O)c4ccccc4C3=O)ccc2c1. The van der Waals surface area contributed by atoms with Crippen LogP contribution in [0.15, 0.2) is 60.7 Å². The molecule has 0 spiro atoms. The smallest absolute Gasteiger partial charge is 0.262 e. The van der Waals surface area contributed by atoms with Crippen molar-refractivity contribution in [3.05, 3.63) is 77.4 Å². The first-order valence-corrected chi connectivity index (χ1v) is 12.1. The van der Waals surface area contributed by atoms with Crippen LogP contribution in [0.4, 0.5) is 0 Å². The van der Waals surface area contributed by atoms with Crippen molar-refractivity contribution in [1.29, 1.82) is 0 Å². The third-order valence-corrected chi connectivity index (χ3v) is 6.57. The molecule has 3 aromatic carbocycles. The molecule has 0 aliphatic carbocycles. The maximum absolute atomic E-state index is 13.5. The second-order valence-electron chi connectivity index (χ2n) is 8.06. The minimum Gasteiger partial charge on any atom is -0.497 e. The van der Waals surface area contributed by atoms with Gasteiger partial charge in [-0.2, -0.15) is 11.8 Å². The number of hydrogen-bond acceptors (Lipinski definition) is 5. The summed E-state index contributed by atoms with van der Waals surface area (Å²) in [6, 6.07) is 17.8. The first-order valence-electron chi connectivity index (χ1n) is 10.7. The molecule has 0 radical (unpaired) electrons. The van der Waals surface area contributed by atoms with Gasteiger partial charge in [-0.05, 0) is 65.1 Å². The van der Waals surface area contributed by atoms with E-state index in [0.29, 0.717) is 29.8 Å². The second kappa shape index (κ2) is 9.67. The van der Waals surface area contributed by atoms with Crippen LogP contribution in [0.1, 0.15) is 32.7 Å². The average Bonchev–Trinajstić information content (AvgIpc) is 3.09. The van der Waals surface area contributed by atoms with Crippen LogP contribution in [0, 0.1) is 0 Å². The molecule has 0 N–H and O–H groups in total. The number of nitrogens with zero attached hydrogens (tertiary/aromatic N) is 2. The number of thioether (sulfide) groups is 1. The Kier molecular flexibility index (Phi) is 6.70. The Morgan fingerprint density at radius 3 is 2.27 bits per heavy atom. The fraction of sp³-hybridized carbons (Fsp3) is 0.269. The van der Waals surface area contributed by atoms with Gasteiger partial charge < -0.3 is 9.64 Å². The number of fused-ring (bicyclic) bond motifs is 2. The number of methoxy groups -OCH3 is 1. The molecule has 0 fully saturated rings. The molecule has 0 saturated carbocycles. The molecule has 6 nitrogen and oxygen atoms in total. The highest BCUT2D eigenvalue weighted by molar-refractivity contribution is 7.98. The summed E-state index contributed by atoms with van der Waals surface area (Å²) in [5.41, 5.74) is 1.68. The van der Waals surface area contributed by atoms with Gasteiger partial charge in [-0.1, -0.05) is 30.3 Å². The summed E-state index contributed by atoms with van der Waals surface area (Å²) >= 11 is 1.58. The summed E-state index contributed by atoms with van der Waals surface area (Å²) in [5.74, 6) is 0.412.